The van der Waals surface area contributed by atoms with E-state index in [0.29, 0.717) is 16.5 Å². The first kappa shape index (κ1) is 19.6. The van der Waals surface area contributed by atoms with E-state index in [4.69, 9.17) is 21.2 Å². The predicted molar refractivity (Wildman–Crippen MR) is 117 cm³/mol. The van der Waals surface area contributed by atoms with Gasteiger partial charge in [0.1, 0.15) is 11.7 Å². The molecule has 2 aliphatic heterocycles. The summed E-state index contributed by atoms with van der Waals surface area (Å²) in [7, 11) is 1.60. The fourth-order valence-corrected chi connectivity index (χ4v) is 4.32. The number of rotatable bonds is 4. The smallest absolute Gasteiger partial charge is 0.266 e. The average molecular weight is 435 g/mol. The van der Waals surface area contributed by atoms with Gasteiger partial charge in [0.25, 0.3) is 5.91 Å². The molecule has 2 fully saturated rings. The van der Waals surface area contributed by atoms with Crippen molar-refractivity contribution < 1.29 is 19.2 Å². The first-order valence-electron chi connectivity index (χ1n) is 9.87. The van der Waals surface area contributed by atoms with E-state index < -0.39 is 18.1 Å². The Hall–Kier alpha value is -3.35. The van der Waals surface area contributed by atoms with Crippen molar-refractivity contribution in [3.05, 3.63) is 89.4 Å². The molecule has 0 N–H and O–H groups in total. The molecule has 2 amide bonds. The first-order chi connectivity index (χ1) is 15.1. The molecule has 5 rings (SSSR count). The molecule has 6 nitrogen and oxygen atoms in total. The van der Waals surface area contributed by atoms with E-state index in [2.05, 4.69) is 0 Å². The third-order valence-electron chi connectivity index (χ3n) is 5.67. The molecule has 0 unspecified atom stereocenters. The lowest BCUT2D eigenvalue weighted by Gasteiger charge is -2.28. The van der Waals surface area contributed by atoms with Crippen molar-refractivity contribution in [1.29, 1.82) is 0 Å². The van der Waals surface area contributed by atoms with Crippen molar-refractivity contribution in [3.63, 3.8) is 0 Å². The molecule has 3 atom stereocenters. The highest BCUT2D eigenvalue weighted by atomic mass is 35.5. The zero-order chi connectivity index (χ0) is 21.5. The molecule has 31 heavy (non-hydrogen) atoms. The number of benzene rings is 3. The van der Waals surface area contributed by atoms with E-state index in [9.17, 15) is 9.59 Å². The van der Waals surface area contributed by atoms with Crippen LogP contribution in [0.1, 0.15) is 11.6 Å². The number of carbonyl (C=O) groups excluding carboxylic acids is 2. The summed E-state index contributed by atoms with van der Waals surface area (Å²) in [6.45, 7) is 0. The number of para-hydroxylation sites is 1. The second-order valence-electron chi connectivity index (χ2n) is 7.42. The van der Waals surface area contributed by atoms with E-state index >= 15 is 0 Å². The van der Waals surface area contributed by atoms with Gasteiger partial charge in [0.2, 0.25) is 5.91 Å². The van der Waals surface area contributed by atoms with Crippen molar-refractivity contribution in [1.82, 2.24) is 0 Å². The molecule has 3 aromatic rings. The molecular formula is C24H19ClN2O4. The second kappa shape index (κ2) is 7.72. The molecule has 0 bridgehead atoms. The topological polar surface area (TPSA) is 59.1 Å². The van der Waals surface area contributed by atoms with Crippen molar-refractivity contribution in [2.45, 2.75) is 12.1 Å². The van der Waals surface area contributed by atoms with Gasteiger partial charge in [-0.3, -0.25) is 14.4 Å². The molecule has 0 saturated carbocycles. The zero-order valence-corrected chi connectivity index (χ0v) is 17.4. The maximum atomic E-state index is 13.5. The van der Waals surface area contributed by atoms with Gasteiger partial charge in [-0.15, -0.1) is 0 Å². The Balaban J connectivity index is 1.57. The standard InChI is InChI=1S/C24H19ClN2O4/c1-30-19-13-7-15(8-14-19)21-20-22(31-27(21)18-5-3-2-4-6-18)24(29)26(23(20)28)17-11-9-16(25)10-12-17/h2-14,20-22H,1H3/t20-,21-,22-/m0/s1. The Bertz CT molecular complexity index is 1120. The van der Waals surface area contributed by atoms with Crippen LogP contribution in [0.15, 0.2) is 78.9 Å². The minimum absolute atomic E-state index is 0.295. The van der Waals surface area contributed by atoms with Crippen molar-refractivity contribution in [3.8, 4) is 5.75 Å². The van der Waals surface area contributed by atoms with Gasteiger partial charge in [0.05, 0.1) is 24.5 Å². The number of imide groups is 1. The number of hydroxylamine groups is 1. The summed E-state index contributed by atoms with van der Waals surface area (Å²) in [6, 6.07) is 23.1. The maximum absolute atomic E-state index is 13.5. The summed E-state index contributed by atoms with van der Waals surface area (Å²) < 4.78 is 5.27. The highest BCUT2D eigenvalue weighted by Gasteiger charge is 2.60. The molecule has 0 aliphatic carbocycles. The van der Waals surface area contributed by atoms with Crippen LogP contribution in [0.4, 0.5) is 11.4 Å². The van der Waals surface area contributed by atoms with Crippen LogP contribution in [0.5, 0.6) is 5.75 Å². The molecule has 156 valence electrons. The number of methoxy groups -OCH3 is 1. The van der Waals surface area contributed by atoms with E-state index in [1.807, 2.05) is 54.6 Å². The van der Waals surface area contributed by atoms with Gasteiger partial charge < -0.3 is 4.74 Å². The fourth-order valence-electron chi connectivity index (χ4n) is 4.20. The molecule has 2 heterocycles. The first-order valence-corrected chi connectivity index (χ1v) is 10.2. The zero-order valence-electron chi connectivity index (χ0n) is 16.6. The van der Waals surface area contributed by atoms with Gasteiger partial charge in [-0.25, -0.2) is 9.96 Å². The number of hydrogen-bond acceptors (Lipinski definition) is 5. The van der Waals surface area contributed by atoms with Gasteiger partial charge in [-0.2, -0.15) is 0 Å². The minimum atomic E-state index is -0.907. The maximum Gasteiger partial charge on any atom is 0.266 e. The lowest BCUT2D eigenvalue weighted by molar-refractivity contribution is -0.126. The van der Waals surface area contributed by atoms with E-state index in [-0.39, 0.29) is 11.8 Å². The predicted octanol–water partition coefficient (Wildman–Crippen LogP) is 4.40. The normalized spacial score (nSPS) is 22.7. The Morgan fingerprint density at radius 1 is 0.839 bits per heavy atom. The Labute approximate surface area is 184 Å². The summed E-state index contributed by atoms with van der Waals surface area (Å²) in [5, 5.41) is 2.21. The number of ether oxygens (including phenoxy) is 1. The van der Waals surface area contributed by atoms with E-state index in [1.54, 1.807) is 36.4 Å². The summed E-state index contributed by atoms with van der Waals surface area (Å²) in [4.78, 5) is 34.1. The van der Waals surface area contributed by atoms with Gasteiger partial charge in [0.15, 0.2) is 6.10 Å². The minimum Gasteiger partial charge on any atom is -0.497 e. The highest BCUT2D eigenvalue weighted by Crippen LogP contribution is 2.47. The van der Waals surface area contributed by atoms with Gasteiger partial charge in [0, 0.05) is 5.02 Å². The summed E-state index contributed by atoms with van der Waals surface area (Å²) >= 11 is 5.97. The van der Waals surface area contributed by atoms with Crippen molar-refractivity contribution >= 4 is 34.8 Å². The number of halogens is 1. The van der Waals surface area contributed by atoms with Crippen LogP contribution in [-0.4, -0.2) is 25.0 Å². The summed E-state index contributed by atoms with van der Waals surface area (Å²) in [5.74, 6) is -0.648. The van der Waals surface area contributed by atoms with E-state index in [1.165, 1.54) is 4.90 Å². The number of hydrogen-bond donors (Lipinski definition) is 0. The molecule has 2 aliphatic rings. The quantitative estimate of drug-likeness (QED) is 0.570. The van der Waals surface area contributed by atoms with Crippen LogP contribution < -0.4 is 14.7 Å². The third kappa shape index (κ3) is 3.24. The molecule has 7 heteroatoms. The highest BCUT2D eigenvalue weighted by molar-refractivity contribution is 6.31. The largest absolute Gasteiger partial charge is 0.497 e. The molecule has 3 aromatic carbocycles. The average Bonchev–Trinajstić information content (AvgIpc) is 3.31. The number of carbonyl (C=O) groups is 2. The molecular weight excluding hydrogens is 416 g/mol. The van der Waals surface area contributed by atoms with Crippen LogP contribution in [0, 0.1) is 5.92 Å². The monoisotopic (exact) mass is 434 g/mol. The number of anilines is 2. The molecule has 0 spiro atoms. The SMILES string of the molecule is COc1ccc([C@H]2[C@@H]3C(=O)N(c4ccc(Cl)cc4)C(=O)[C@H]3ON2c2ccccc2)cc1. The second-order valence-corrected chi connectivity index (χ2v) is 7.86. The van der Waals surface area contributed by atoms with Crippen LogP contribution in [0.2, 0.25) is 5.02 Å². The van der Waals surface area contributed by atoms with Crippen LogP contribution in [0.25, 0.3) is 0 Å². The lowest BCUT2D eigenvalue weighted by Crippen LogP contribution is -2.37. The molecule has 0 aromatic heterocycles. The molecule has 2 saturated heterocycles. The van der Waals surface area contributed by atoms with Gasteiger partial charge in [-0.1, -0.05) is 41.9 Å². The Morgan fingerprint density at radius 2 is 1.52 bits per heavy atom. The molecule has 0 radical (unpaired) electrons. The van der Waals surface area contributed by atoms with E-state index in [0.717, 1.165) is 11.3 Å². The van der Waals surface area contributed by atoms with Crippen molar-refractivity contribution in [2.75, 3.05) is 17.1 Å². The van der Waals surface area contributed by atoms with Gasteiger partial charge >= 0.3 is 0 Å². The summed E-state index contributed by atoms with van der Waals surface area (Å²) in [6.07, 6.45) is -0.907. The Kier molecular flexibility index (Phi) is 4.88. The van der Waals surface area contributed by atoms with Crippen molar-refractivity contribution in [2.24, 2.45) is 5.92 Å². The fraction of sp³-hybridized carbons (Fsp3) is 0.167. The van der Waals surface area contributed by atoms with Crippen LogP contribution >= 0.6 is 11.6 Å². The third-order valence-corrected chi connectivity index (χ3v) is 5.92. The van der Waals surface area contributed by atoms with Gasteiger partial charge in [-0.05, 0) is 54.1 Å². The van der Waals surface area contributed by atoms with Crippen LogP contribution in [-0.2, 0) is 14.4 Å². The Morgan fingerprint density at radius 3 is 2.16 bits per heavy atom. The van der Waals surface area contributed by atoms with Crippen LogP contribution in [0.3, 0.4) is 0 Å². The summed E-state index contributed by atoms with van der Waals surface area (Å²) in [5.41, 5.74) is 2.12. The number of fused-ring (bicyclic) bond motifs is 1. The lowest BCUT2D eigenvalue weighted by atomic mass is 9.90. The number of nitrogens with zero attached hydrogens (tertiary/aromatic N) is 2. The number of amides is 2.